The summed E-state index contributed by atoms with van der Waals surface area (Å²) >= 11 is 6.39. The predicted molar refractivity (Wildman–Crippen MR) is 139 cm³/mol. The van der Waals surface area contributed by atoms with Crippen molar-refractivity contribution in [1.29, 1.82) is 5.26 Å². The number of anilines is 4. The molecule has 0 aliphatic carbocycles. The van der Waals surface area contributed by atoms with Crippen LogP contribution in [-0.2, 0) is 6.42 Å². The third kappa shape index (κ3) is 6.02. The van der Waals surface area contributed by atoms with Crippen LogP contribution in [0.25, 0.3) is 5.65 Å². The van der Waals surface area contributed by atoms with E-state index in [2.05, 4.69) is 45.8 Å². The summed E-state index contributed by atoms with van der Waals surface area (Å²) in [5.41, 5.74) is 0.816. The Balaban J connectivity index is 1.22. The second kappa shape index (κ2) is 10.1. The molecule has 190 valence electrons. The first-order chi connectivity index (χ1) is 17.8. The number of nitrogens with zero attached hydrogens (tertiary/aromatic N) is 9. The summed E-state index contributed by atoms with van der Waals surface area (Å²) in [5.74, 6) is 2.29. The average Bonchev–Trinajstić information content (AvgIpc) is 3.26. The van der Waals surface area contributed by atoms with Gasteiger partial charge in [0.1, 0.15) is 11.1 Å². The molecule has 12 nitrogen and oxygen atoms in total. The first kappa shape index (κ1) is 24.6. The highest BCUT2D eigenvalue weighted by molar-refractivity contribution is 6.32. The van der Waals surface area contributed by atoms with E-state index >= 15 is 0 Å². The van der Waals surface area contributed by atoms with Crippen LogP contribution in [0.4, 0.5) is 23.3 Å². The predicted octanol–water partition coefficient (Wildman–Crippen LogP) is 2.97. The number of aromatic nitrogens is 7. The van der Waals surface area contributed by atoms with E-state index in [9.17, 15) is 5.11 Å². The number of pyridine rings is 1. The summed E-state index contributed by atoms with van der Waals surface area (Å²) in [7, 11) is 0. The number of piperidine rings is 1. The lowest BCUT2D eigenvalue weighted by Crippen LogP contribution is -2.39. The Labute approximate surface area is 218 Å². The molecule has 0 aromatic carbocycles. The number of nitriles is 1. The topological polar surface area (TPSA) is 153 Å². The molecule has 13 heteroatoms. The molecule has 1 fully saturated rings. The lowest BCUT2D eigenvalue weighted by Gasteiger charge is -2.33. The fourth-order valence-corrected chi connectivity index (χ4v) is 4.27. The SMILES string of the molecule is CC(C)(O)Cc1nc2cc(Nc3ncc(Cl)c(NC4CCN(c5ccc(C#N)nn5)CC4)n3)ccn2n1. The molecule has 0 atom stereocenters. The van der Waals surface area contributed by atoms with Crippen molar-refractivity contribution in [2.24, 2.45) is 0 Å². The molecule has 0 bridgehead atoms. The number of fused-ring (bicyclic) bond motifs is 1. The lowest BCUT2D eigenvalue weighted by atomic mass is 10.1. The number of hydrogen-bond donors (Lipinski definition) is 3. The van der Waals surface area contributed by atoms with Crippen LogP contribution in [0.2, 0.25) is 5.02 Å². The molecule has 0 unspecified atom stereocenters. The average molecular weight is 520 g/mol. The lowest BCUT2D eigenvalue weighted by molar-refractivity contribution is 0.0788. The van der Waals surface area contributed by atoms with Gasteiger partial charge in [0.05, 0.1) is 11.8 Å². The molecule has 5 rings (SSSR count). The molecular weight excluding hydrogens is 494 g/mol. The van der Waals surface area contributed by atoms with Crippen LogP contribution in [0.5, 0.6) is 0 Å². The zero-order chi connectivity index (χ0) is 26.0. The van der Waals surface area contributed by atoms with E-state index in [0.717, 1.165) is 37.4 Å². The summed E-state index contributed by atoms with van der Waals surface area (Å²) in [4.78, 5) is 15.5. The van der Waals surface area contributed by atoms with Crippen LogP contribution < -0.4 is 15.5 Å². The Morgan fingerprint density at radius 1 is 1.19 bits per heavy atom. The smallest absolute Gasteiger partial charge is 0.229 e. The minimum absolute atomic E-state index is 0.185. The molecule has 4 aromatic heterocycles. The maximum atomic E-state index is 10.0. The molecule has 3 N–H and O–H groups in total. The van der Waals surface area contributed by atoms with Crippen LogP contribution in [0.1, 0.15) is 38.2 Å². The first-order valence-corrected chi connectivity index (χ1v) is 12.3. The van der Waals surface area contributed by atoms with Crippen molar-refractivity contribution in [3.63, 3.8) is 0 Å². The highest BCUT2D eigenvalue weighted by Crippen LogP contribution is 2.26. The number of halogens is 1. The van der Waals surface area contributed by atoms with Gasteiger partial charge < -0.3 is 20.6 Å². The van der Waals surface area contributed by atoms with Gasteiger partial charge in [-0.05, 0) is 44.9 Å². The van der Waals surface area contributed by atoms with Crippen molar-refractivity contribution in [1.82, 2.24) is 34.8 Å². The fourth-order valence-electron chi connectivity index (χ4n) is 4.12. The molecule has 37 heavy (non-hydrogen) atoms. The van der Waals surface area contributed by atoms with Gasteiger partial charge in [0.25, 0.3) is 0 Å². The Bertz CT molecular complexity index is 1430. The highest BCUT2D eigenvalue weighted by atomic mass is 35.5. The van der Waals surface area contributed by atoms with E-state index in [1.54, 1.807) is 36.8 Å². The zero-order valence-corrected chi connectivity index (χ0v) is 21.2. The summed E-state index contributed by atoms with van der Waals surface area (Å²) in [6, 6.07) is 9.36. The van der Waals surface area contributed by atoms with Gasteiger partial charge in [0, 0.05) is 43.5 Å². The van der Waals surface area contributed by atoms with E-state index < -0.39 is 5.60 Å². The summed E-state index contributed by atoms with van der Waals surface area (Å²) in [6.45, 7) is 5.03. The largest absolute Gasteiger partial charge is 0.390 e. The maximum Gasteiger partial charge on any atom is 0.229 e. The Morgan fingerprint density at radius 3 is 2.70 bits per heavy atom. The third-order valence-corrected chi connectivity index (χ3v) is 6.17. The third-order valence-electron chi connectivity index (χ3n) is 5.90. The summed E-state index contributed by atoms with van der Waals surface area (Å²) in [5, 5.41) is 38.5. The van der Waals surface area contributed by atoms with Gasteiger partial charge in [-0.1, -0.05) is 11.6 Å². The zero-order valence-electron chi connectivity index (χ0n) is 20.4. The van der Waals surface area contributed by atoms with Gasteiger partial charge in [0.2, 0.25) is 5.95 Å². The second-order valence-electron chi connectivity index (χ2n) is 9.54. The minimum Gasteiger partial charge on any atom is -0.390 e. The molecule has 0 amide bonds. The van der Waals surface area contributed by atoms with Crippen molar-refractivity contribution in [2.75, 3.05) is 28.6 Å². The first-order valence-electron chi connectivity index (χ1n) is 11.9. The van der Waals surface area contributed by atoms with Crippen LogP contribution in [0, 0.1) is 11.3 Å². The normalized spacial score (nSPS) is 14.5. The van der Waals surface area contributed by atoms with Gasteiger partial charge in [-0.15, -0.1) is 10.2 Å². The molecule has 0 spiro atoms. The summed E-state index contributed by atoms with van der Waals surface area (Å²) in [6.07, 6.45) is 5.44. The van der Waals surface area contributed by atoms with E-state index in [1.807, 2.05) is 24.3 Å². The van der Waals surface area contributed by atoms with E-state index in [-0.39, 0.29) is 6.04 Å². The van der Waals surface area contributed by atoms with Gasteiger partial charge in [-0.25, -0.2) is 14.5 Å². The van der Waals surface area contributed by atoms with Gasteiger partial charge in [-0.3, -0.25) is 0 Å². The molecular formula is C24H26ClN11O. The molecule has 4 aromatic rings. The van der Waals surface area contributed by atoms with Crippen LogP contribution >= 0.6 is 11.6 Å². The Morgan fingerprint density at radius 2 is 2.00 bits per heavy atom. The molecule has 0 saturated carbocycles. The van der Waals surface area contributed by atoms with Gasteiger partial charge >= 0.3 is 0 Å². The number of nitrogens with one attached hydrogen (secondary N) is 2. The van der Waals surface area contributed by atoms with Gasteiger partial charge in [0.15, 0.2) is 28.8 Å². The fraction of sp³-hybridized carbons (Fsp3) is 0.375. The van der Waals surface area contributed by atoms with Crippen LogP contribution in [0.15, 0.2) is 36.7 Å². The highest BCUT2D eigenvalue weighted by Gasteiger charge is 2.22. The molecule has 1 saturated heterocycles. The van der Waals surface area contributed by atoms with E-state index in [0.29, 0.717) is 40.4 Å². The Hall–Kier alpha value is -4.08. The number of rotatable bonds is 7. The minimum atomic E-state index is -0.888. The second-order valence-corrected chi connectivity index (χ2v) is 9.95. The molecule has 1 aliphatic heterocycles. The van der Waals surface area contributed by atoms with Crippen molar-refractivity contribution in [3.8, 4) is 6.07 Å². The maximum absolute atomic E-state index is 10.0. The monoisotopic (exact) mass is 519 g/mol. The van der Waals surface area contributed by atoms with Crippen molar-refractivity contribution < 1.29 is 5.11 Å². The van der Waals surface area contributed by atoms with Crippen molar-refractivity contribution in [2.45, 2.75) is 44.8 Å². The molecule has 5 heterocycles. The number of aliphatic hydroxyl groups is 1. The summed E-state index contributed by atoms with van der Waals surface area (Å²) < 4.78 is 1.66. The number of hydrogen-bond acceptors (Lipinski definition) is 11. The molecule has 0 radical (unpaired) electrons. The van der Waals surface area contributed by atoms with E-state index in [1.165, 1.54) is 0 Å². The van der Waals surface area contributed by atoms with Crippen molar-refractivity contribution in [3.05, 3.63) is 53.2 Å². The van der Waals surface area contributed by atoms with E-state index in [4.69, 9.17) is 16.9 Å². The quantitative estimate of drug-likeness (QED) is 0.330. The standard InChI is InChI=1S/C24H26ClN11O/c1-24(2,37)12-19-30-21-11-16(7-10-36(21)34-19)29-23-27-14-18(25)22(31-23)28-15-5-8-35(9-6-15)20-4-3-17(13-26)32-33-20/h3-4,7,10-11,14-15,37H,5-6,8-9,12H2,1-2H3,(H2,27,28,29,31). The van der Waals surface area contributed by atoms with Crippen molar-refractivity contribution >= 4 is 40.5 Å². The van der Waals surface area contributed by atoms with Crippen LogP contribution in [-0.4, -0.2) is 64.6 Å². The van der Waals surface area contributed by atoms with Crippen LogP contribution in [0.3, 0.4) is 0 Å². The molecule has 1 aliphatic rings. The Kier molecular flexibility index (Phi) is 6.73. The van der Waals surface area contributed by atoms with Gasteiger partial charge in [-0.2, -0.15) is 15.3 Å².